The third kappa shape index (κ3) is 2.09. The smallest absolute Gasteiger partial charge is 0.192 e. The van der Waals surface area contributed by atoms with Gasteiger partial charge in [0.1, 0.15) is 0 Å². The molecule has 1 N–H and O–H groups in total. The number of H-pyrrole nitrogens is 1. The standard InChI is InChI=1S/C17H21NO/c1-3-11(2)12-8-9-16-14(10-12)17(19)13-6-4-5-7-15(13)18-16/h8-11H,3-7H2,1-2H3,(H,18,19). The van der Waals surface area contributed by atoms with Crippen molar-refractivity contribution in [2.75, 3.05) is 0 Å². The summed E-state index contributed by atoms with van der Waals surface area (Å²) in [4.78, 5) is 16.1. The molecule has 1 aromatic carbocycles. The van der Waals surface area contributed by atoms with Crippen molar-refractivity contribution in [2.24, 2.45) is 0 Å². The summed E-state index contributed by atoms with van der Waals surface area (Å²) >= 11 is 0. The molecule has 1 aromatic heterocycles. The van der Waals surface area contributed by atoms with E-state index < -0.39 is 0 Å². The van der Waals surface area contributed by atoms with E-state index in [4.69, 9.17) is 0 Å². The fourth-order valence-corrected chi connectivity index (χ4v) is 3.02. The van der Waals surface area contributed by atoms with E-state index in [0.717, 1.165) is 42.1 Å². The van der Waals surface area contributed by atoms with Gasteiger partial charge in [0.2, 0.25) is 0 Å². The van der Waals surface area contributed by atoms with E-state index in [9.17, 15) is 4.79 Å². The van der Waals surface area contributed by atoms with E-state index in [2.05, 4.69) is 37.0 Å². The van der Waals surface area contributed by atoms with Crippen LogP contribution in [-0.2, 0) is 12.8 Å². The van der Waals surface area contributed by atoms with E-state index >= 15 is 0 Å². The zero-order valence-electron chi connectivity index (χ0n) is 11.8. The third-order valence-corrected chi connectivity index (χ3v) is 4.50. The number of hydrogen-bond donors (Lipinski definition) is 1. The Morgan fingerprint density at radius 2 is 2.05 bits per heavy atom. The van der Waals surface area contributed by atoms with Crippen molar-refractivity contribution in [1.82, 2.24) is 4.98 Å². The monoisotopic (exact) mass is 255 g/mol. The molecule has 0 fully saturated rings. The van der Waals surface area contributed by atoms with Gasteiger partial charge in [0.15, 0.2) is 5.43 Å². The van der Waals surface area contributed by atoms with E-state index in [1.54, 1.807) is 0 Å². The molecule has 0 bridgehead atoms. The summed E-state index contributed by atoms with van der Waals surface area (Å²) in [5, 5.41) is 0.874. The lowest BCUT2D eigenvalue weighted by molar-refractivity contribution is 0.667. The van der Waals surface area contributed by atoms with Crippen molar-refractivity contribution >= 4 is 10.9 Å². The van der Waals surface area contributed by atoms with Crippen molar-refractivity contribution in [3.05, 3.63) is 45.2 Å². The summed E-state index contributed by atoms with van der Waals surface area (Å²) < 4.78 is 0. The predicted molar refractivity (Wildman–Crippen MR) is 79.9 cm³/mol. The summed E-state index contributed by atoms with van der Waals surface area (Å²) in [6.45, 7) is 4.40. The van der Waals surface area contributed by atoms with Crippen molar-refractivity contribution in [2.45, 2.75) is 51.9 Å². The maximum atomic E-state index is 12.6. The van der Waals surface area contributed by atoms with Crippen LogP contribution in [0.15, 0.2) is 23.0 Å². The lowest BCUT2D eigenvalue weighted by atomic mass is 9.92. The number of pyridine rings is 1. The Hall–Kier alpha value is -1.57. The normalized spacial score (nSPS) is 16.3. The molecule has 0 spiro atoms. The minimum absolute atomic E-state index is 0.258. The Morgan fingerprint density at radius 3 is 2.84 bits per heavy atom. The van der Waals surface area contributed by atoms with E-state index in [-0.39, 0.29) is 5.43 Å². The summed E-state index contributed by atoms with van der Waals surface area (Å²) in [5.41, 5.74) is 4.72. The van der Waals surface area contributed by atoms with Gasteiger partial charge in [-0.05, 0) is 55.7 Å². The van der Waals surface area contributed by atoms with E-state index in [0.29, 0.717) is 5.92 Å². The number of nitrogens with one attached hydrogen (secondary N) is 1. The fourth-order valence-electron chi connectivity index (χ4n) is 3.02. The topological polar surface area (TPSA) is 32.9 Å². The SMILES string of the molecule is CCC(C)c1ccc2[nH]c3c(c(=O)c2c1)CCCC3. The Balaban J connectivity index is 2.23. The van der Waals surface area contributed by atoms with Gasteiger partial charge in [-0.1, -0.05) is 19.9 Å². The van der Waals surface area contributed by atoms with Gasteiger partial charge < -0.3 is 4.98 Å². The van der Waals surface area contributed by atoms with Crippen LogP contribution in [0.5, 0.6) is 0 Å². The zero-order valence-corrected chi connectivity index (χ0v) is 11.8. The molecule has 1 heterocycles. The Bertz CT molecular complexity index is 669. The molecular weight excluding hydrogens is 234 g/mol. The van der Waals surface area contributed by atoms with Crippen molar-refractivity contribution in [3.63, 3.8) is 0 Å². The minimum Gasteiger partial charge on any atom is -0.358 e. The van der Waals surface area contributed by atoms with Crippen LogP contribution in [0.4, 0.5) is 0 Å². The van der Waals surface area contributed by atoms with Crippen LogP contribution < -0.4 is 5.43 Å². The maximum absolute atomic E-state index is 12.6. The molecule has 19 heavy (non-hydrogen) atoms. The Labute approximate surface area is 113 Å². The number of aromatic nitrogens is 1. The van der Waals surface area contributed by atoms with Crippen molar-refractivity contribution in [1.29, 1.82) is 0 Å². The third-order valence-electron chi connectivity index (χ3n) is 4.50. The first-order valence-corrected chi connectivity index (χ1v) is 7.38. The number of aromatic amines is 1. The molecule has 2 heteroatoms. The second-order valence-electron chi connectivity index (χ2n) is 5.73. The van der Waals surface area contributed by atoms with Crippen LogP contribution in [0.25, 0.3) is 10.9 Å². The van der Waals surface area contributed by atoms with Crippen LogP contribution in [0.3, 0.4) is 0 Å². The van der Waals surface area contributed by atoms with Gasteiger partial charge in [0, 0.05) is 22.2 Å². The molecular formula is C17H21NO. The van der Waals surface area contributed by atoms with E-state index in [1.165, 1.54) is 17.7 Å². The lowest BCUT2D eigenvalue weighted by Crippen LogP contribution is -2.18. The second-order valence-corrected chi connectivity index (χ2v) is 5.73. The first-order chi connectivity index (χ1) is 9.20. The minimum atomic E-state index is 0.258. The molecule has 0 saturated carbocycles. The van der Waals surface area contributed by atoms with E-state index in [1.807, 2.05) is 0 Å². The molecule has 1 atom stereocenters. The first-order valence-electron chi connectivity index (χ1n) is 7.38. The highest BCUT2D eigenvalue weighted by molar-refractivity contribution is 5.80. The molecule has 0 aliphatic heterocycles. The highest BCUT2D eigenvalue weighted by atomic mass is 16.1. The molecule has 1 aliphatic rings. The van der Waals surface area contributed by atoms with Crippen molar-refractivity contribution in [3.8, 4) is 0 Å². The lowest BCUT2D eigenvalue weighted by Gasteiger charge is -2.17. The van der Waals surface area contributed by atoms with Gasteiger partial charge in [0.25, 0.3) is 0 Å². The average Bonchev–Trinajstić information content (AvgIpc) is 2.46. The van der Waals surface area contributed by atoms with Gasteiger partial charge >= 0.3 is 0 Å². The van der Waals surface area contributed by atoms with Crippen LogP contribution in [0.1, 0.15) is 55.8 Å². The molecule has 0 radical (unpaired) electrons. The van der Waals surface area contributed by atoms with Gasteiger partial charge in [-0.25, -0.2) is 0 Å². The Kier molecular flexibility index (Phi) is 3.17. The summed E-state index contributed by atoms with van der Waals surface area (Å²) in [5.74, 6) is 0.514. The molecule has 100 valence electrons. The quantitative estimate of drug-likeness (QED) is 0.866. The zero-order chi connectivity index (χ0) is 13.4. The predicted octanol–water partition coefficient (Wildman–Crippen LogP) is 3.92. The fraction of sp³-hybridized carbons (Fsp3) is 0.471. The van der Waals surface area contributed by atoms with Crippen LogP contribution in [-0.4, -0.2) is 4.98 Å². The molecule has 1 unspecified atom stereocenters. The molecule has 2 aromatic rings. The van der Waals surface area contributed by atoms with Crippen LogP contribution in [0.2, 0.25) is 0 Å². The molecule has 3 rings (SSSR count). The highest BCUT2D eigenvalue weighted by Gasteiger charge is 2.16. The summed E-state index contributed by atoms with van der Waals surface area (Å²) in [6, 6.07) is 6.33. The van der Waals surface area contributed by atoms with Gasteiger partial charge in [-0.3, -0.25) is 4.79 Å². The number of rotatable bonds is 2. The first kappa shape index (κ1) is 12.5. The van der Waals surface area contributed by atoms with Crippen molar-refractivity contribution < 1.29 is 0 Å². The number of fused-ring (bicyclic) bond motifs is 2. The maximum Gasteiger partial charge on any atom is 0.192 e. The summed E-state index contributed by atoms with van der Waals surface area (Å²) in [6.07, 6.45) is 5.40. The number of benzene rings is 1. The van der Waals surface area contributed by atoms with Gasteiger partial charge in [-0.2, -0.15) is 0 Å². The van der Waals surface area contributed by atoms with Crippen LogP contribution >= 0.6 is 0 Å². The number of aryl methyl sites for hydroxylation is 1. The average molecular weight is 255 g/mol. The molecule has 2 nitrogen and oxygen atoms in total. The largest absolute Gasteiger partial charge is 0.358 e. The molecule has 1 aliphatic carbocycles. The summed E-state index contributed by atoms with van der Waals surface area (Å²) in [7, 11) is 0. The number of hydrogen-bond acceptors (Lipinski definition) is 1. The Morgan fingerprint density at radius 1 is 1.26 bits per heavy atom. The van der Waals surface area contributed by atoms with Gasteiger partial charge in [0.05, 0.1) is 0 Å². The molecule has 0 amide bonds. The van der Waals surface area contributed by atoms with Gasteiger partial charge in [-0.15, -0.1) is 0 Å². The van der Waals surface area contributed by atoms with Crippen LogP contribution in [0, 0.1) is 0 Å². The highest BCUT2D eigenvalue weighted by Crippen LogP contribution is 2.24. The second kappa shape index (κ2) is 4.84. The molecule has 0 saturated heterocycles.